The molecule has 16 heavy (non-hydrogen) atoms. The van der Waals surface area contributed by atoms with Gasteiger partial charge in [-0.15, -0.1) is 12.4 Å². The summed E-state index contributed by atoms with van der Waals surface area (Å²) in [6.45, 7) is 1.39. The van der Waals surface area contributed by atoms with Crippen molar-refractivity contribution in [1.82, 2.24) is 0 Å². The Morgan fingerprint density at radius 2 is 2.00 bits per heavy atom. The summed E-state index contributed by atoms with van der Waals surface area (Å²) in [4.78, 5) is 0. The molecule has 0 aliphatic rings. The highest BCUT2D eigenvalue weighted by atomic mass is 35.5. The fourth-order valence-corrected chi connectivity index (χ4v) is 2.41. The number of halogens is 2. The van der Waals surface area contributed by atoms with Crippen LogP contribution in [0.5, 0.6) is 0 Å². The Morgan fingerprint density at radius 1 is 1.38 bits per heavy atom. The summed E-state index contributed by atoms with van der Waals surface area (Å²) in [5, 5.41) is 1.09. The summed E-state index contributed by atoms with van der Waals surface area (Å²) < 4.78 is 5.01. The summed E-state index contributed by atoms with van der Waals surface area (Å²) in [6, 6.07) is 7.85. The Kier molecular flexibility index (Phi) is 9.18. The lowest BCUT2D eigenvalue weighted by atomic mass is 10.1. The molecule has 0 aliphatic carbocycles. The van der Waals surface area contributed by atoms with Gasteiger partial charge in [0, 0.05) is 29.7 Å². The lowest BCUT2D eigenvalue weighted by molar-refractivity contribution is 0.218. The second kappa shape index (κ2) is 9.14. The van der Waals surface area contributed by atoms with Crippen LogP contribution in [0.4, 0.5) is 0 Å². The molecule has 0 saturated heterocycles. The van der Waals surface area contributed by atoms with E-state index in [0.717, 1.165) is 17.4 Å². The van der Waals surface area contributed by atoms with Crippen LogP contribution in [0.2, 0.25) is 5.02 Å². The molecule has 2 nitrogen and oxygen atoms in total. The van der Waals surface area contributed by atoms with Gasteiger partial charge in [0.25, 0.3) is 0 Å². The van der Waals surface area contributed by atoms with E-state index in [4.69, 9.17) is 22.1 Å². The zero-order valence-corrected chi connectivity index (χ0v) is 11.6. The first kappa shape index (κ1) is 16.1. The van der Waals surface area contributed by atoms with Crippen LogP contribution in [-0.2, 0) is 4.74 Å². The average molecular weight is 282 g/mol. The van der Waals surface area contributed by atoms with Gasteiger partial charge in [-0.25, -0.2) is 0 Å². The molecular formula is C11H17Cl2NOS. The maximum absolute atomic E-state index is 5.83. The predicted molar refractivity (Wildman–Crippen MR) is 74.8 cm³/mol. The lowest BCUT2D eigenvalue weighted by Crippen LogP contribution is -2.10. The number of rotatable bonds is 6. The normalized spacial score (nSPS) is 11.9. The first-order valence-electron chi connectivity index (χ1n) is 4.84. The van der Waals surface area contributed by atoms with Crippen LogP contribution in [0, 0.1) is 0 Å². The molecule has 0 aliphatic heterocycles. The Hall–Kier alpha value is 0.0700. The van der Waals surface area contributed by atoms with Gasteiger partial charge in [-0.3, -0.25) is 0 Å². The molecule has 1 unspecified atom stereocenters. The zero-order valence-electron chi connectivity index (χ0n) is 9.19. The SMILES string of the molecule is COCCSC(CN)c1ccc(Cl)cc1.Cl. The van der Waals surface area contributed by atoms with Crippen molar-refractivity contribution in [1.29, 1.82) is 0 Å². The van der Waals surface area contributed by atoms with Crippen molar-refractivity contribution >= 4 is 35.8 Å². The largest absolute Gasteiger partial charge is 0.384 e. The highest BCUT2D eigenvalue weighted by Crippen LogP contribution is 2.28. The molecule has 0 heterocycles. The van der Waals surface area contributed by atoms with Crippen LogP contribution in [-0.4, -0.2) is 26.0 Å². The Labute approximate surface area is 112 Å². The second-order valence-electron chi connectivity index (χ2n) is 3.14. The van der Waals surface area contributed by atoms with E-state index in [0.29, 0.717) is 11.8 Å². The number of thioether (sulfide) groups is 1. The average Bonchev–Trinajstić information content (AvgIpc) is 2.26. The first-order valence-corrected chi connectivity index (χ1v) is 6.26. The lowest BCUT2D eigenvalue weighted by Gasteiger charge is -2.14. The smallest absolute Gasteiger partial charge is 0.0553 e. The maximum Gasteiger partial charge on any atom is 0.0553 e. The minimum Gasteiger partial charge on any atom is -0.384 e. The molecular weight excluding hydrogens is 265 g/mol. The van der Waals surface area contributed by atoms with Crippen LogP contribution in [0.15, 0.2) is 24.3 Å². The highest BCUT2D eigenvalue weighted by Gasteiger charge is 2.09. The fraction of sp³-hybridized carbons (Fsp3) is 0.455. The molecule has 1 aromatic carbocycles. The number of ether oxygens (including phenoxy) is 1. The maximum atomic E-state index is 5.83. The van der Waals surface area contributed by atoms with Crippen molar-refractivity contribution < 1.29 is 4.74 Å². The van der Waals surface area contributed by atoms with Gasteiger partial charge >= 0.3 is 0 Å². The number of benzene rings is 1. The zero-order chi connectivity index (χ0) is 11.1. The topological polar surface area (TPSA) is 35.2 Å². The van der Waals surface area contributed by atoms with Crippen LogP contribution in [0.25, 0.3) is 0 Å². The van der Waals surface area contributed by atoms with Crippen molar-refractivity contribution in [3.63, 3.8) is 0 Å². The van der Waals surface area contributed by atoms with E-state index in [1.807, 2.05) is 36.0 Å². The number of nitrogens with two attached hydrogens (primary N) is 1. The van der Waals surface area contributed by atoms with Crippen molar-refractivity contribution in [3.8, 4) is 0 Å². The third kappa shape index (κ3) is 5.41. The Bertz CT molecular complexity index is 282. The first-order chi connectivity index (χ1) is 7.27. The summed E-state index contributed by atoms with van der Waals surface area (Å²) in [5.41, 5.74) is 6.96. The molecule has 1 atom stereocenters. The van der Waals surface area contributed by atoms with Crippen molar-refractivity contribution in [2.45, 2.75) is 5.25 Å². The number of hydrogen-bond donors (Lipinski definition) is 1. The van der Waals surface area contributed by atoms with E-state index in [1.165, 1.54) is 5.56 Å². The second-order valence-corrected chi connectivity index (χ2v) is 4.89. The van der Waals surface area contributed by atoms with E-state index in [-0.39, 0.29) is 12.4 Å². The van der Waals surface area contributed by atoms with Crippen LogP contribution in [0.1, 0.15) is 10.8 Å². The van der Waals surface area contributed by atoms with Crippen molar-refractivity contribution in [3.05, 3.63) is 34.9 Å². The molecule has 0 radical (unpaired) electrons. The van der Waals surface area contributed by atoms with E-state index < -0.39 is 0 Å². The van der Waals surface area contributed by atoms with Gasteiger partial charge in [-0.2, -0.15) is 11.8 Å². The fourth-order valence-electron chi connectivity index (χ4n) is 1.25. The quantitative estimate of drug-likeness (QED) is 0.814. The molecule has 0 amide bonds. The van der Waals surface area contributed by atoms with Crippen LogP contribution < -0.4 is 5.73 Å². The summed E-state index contributed by atoms with van der Waals surface area (Å²) >= 11 is 7.64. The predicted octanol–water partition coefficient (Wildman–Crippen LogP) is 3.14. The van der Waals surface area contributed by atoms with Crippen LogP contribution in [0.3, 0.4) is 0 Å². The summed E-state index contributed by atoms with van der Waals surface area (Å²) in [7, 11) is 1.71. The number of methoxy groups -OCH3 is 1. The monoisotopic (exact) mass is 281 g/mol. The van der Waals surface area contributed by atoms with Crippen LogP contribution >= 0.6 is 35.8 Å². The van der Waals surface area contributed by atoms with Crippen molar-refractivity contribution in [2.24, 2.45) is 5.73 Å². The van der Waals surface area contributed by atoms with Crippen molar-refractivity contribution in [2.75, 3.05) is 26.0 Å². The van der Waals surface area contributed by atoms with E-state index >= 15 is 0 Å². The molecule has 1 aromatic rings. The Morgan fingerprint density at radius 3 is 2.50 bits per heavy atom. The molecule has 0 spiro atoms. The molecule has 0 aromatic heterocycles. The van der Waals surface area contributed by atoms with Gasteiger partial charge in [0.2, 0.25) is 0 Å². The molecule has 0 saturated carbocycles. The molecule has 5 heteroatoms. The third-order valence-corrected chi connectivity index (χ3v) is 3.58. The molecule has 0 bridgehead atoms. The van der Waals surface area contributed by atoms with E-state index in [2.05, 4.69) is 0 Å². The van der Waals surface area contributed by atoms with E-state index in [9.17, 15) is 0 Å². The number of hydrogen-bond acceptors (Lipinski definition) is 3. The Balaban J connectivity index is 0.00000225. The summed E-state index contributed by atoms with van der Waals surface area (Å²) in [5.74, 6) is 0.959. The highest BCUT2D eigenvalue weighted by molar-refractivity contribution is 7.99. The molecule has 2 N–H and O–H groups in total. The minimum atomic E-state index is 0. The summed E-state index contributed by atoms with van der Waals surface area (Å²) in [6.07, 6.45) is 0. The van der Waals surface area contributed by atoms with E-state index in [1.54, 1.807) is 7.11 Å². The van der Waals surface area contributed by atoms with Gasteiger partial charge < -0.3 is 10.5 Å². The van der Waals surface area contributed by atoms with Gasteiger partial charge in [-0.05, 0) is 17.7 Å². The van der Waals surface area contributed by atoms with Gasteiger partial charge in [0.15, 0.2) is 0 Å². The standard InChI is InChI=1S/C11H16ClNOS.ClH/c1-14-6-7-15-11(8-13)9-2-4-10(12)5-3-9;/h2-5,11H,6-8,13H2,1H3;1H. The van der Waals surface area contributed by atoms with Gasteiger partial charge in [0.1, 0.15) is 0 Å². The van der Waals surface area contributed by atoms with Gasteiger partial charge in [-0.1, -0.05) is 23.7 Å². The molecule has 0 fully saturated rings. The van der Waals surface area contributed by atoms with Gasteiger partial charge in [0.05, 0.1) is 6.61 Å². The molecule has 1 rings (SSSR count). The third-order valence-electron chi connectivity index (χ3n) is 2.06. The minimum absolute atomic E-state index is 0. The molecule has 92 valence electrons.